The van der Waals surface area contributed by atoms with Gasteiger partial charge < -0.3 is 10.4 Å². The number of aromatic nitrogens is 2. The molecule has 1 aromatic carbocycles. The minimum absolute atomic E-state index is 0.155. The van der Waals surface area contributed by atoms with Crippen LogP contribution in [0.15, 0.2) is 35.4 Å². The highest BCUT2D eigenvalue weighted by Crippen LogP contribution is 2.18. The summed E-state index contributed by atoms with van der Waals surface area (Å²) in [5.41, 5.74) is 0.205. The van der Waals surface area contributed by atoms with E-state index in [-0.39, 0.29) is 36.4 Å². The highest BCUT2D eigenvalue weighted by molar-refractivity contribution is 5.77. The number of hydrogen-bond acceptors (Lipinski definition) is 4. The van der Waals surface area contributed by atoms with E-state index in [2.05, 4.69) is 10.3 Å². The van der Waals surface area contributed by atoms with Crippen LogP contribution in [0.5, 0.6) is 0 Å². The molecule has 0 spiro atoms. The molecule has 0 aliphatic rings. The van der Waals surface area contributed by atoms with Gasteiger partial charge in [0.25, 0.3) is 5.56 Å². The molecule has 2 rings (SSSR count). The van der Waals surface area contributed by atoms with Crippen molar-refractivity contribution in [2.75, 3.05) is 6.54 Å². The Labute approximate surface area is 135 Å². The first-order valence-electron chi connectivity index (χ1n) is 7.68. The molecule has 1 unspecified atom stereocenters. The second-order valence-corrected chi connectivity index (χ2v) is 6.70. The van der Waals surface area contributed by atoms with E-state index in [9.17, 15) is 14.7 Å². The Bertz CT molecular complexity index is 747. The van der Waals surface area contributed by atoms with Gasteiger partial charge in [0.2, 0.25) is 5.91 Å². The van der Waals surface area contributed by atoms with Gasteiger partial charge in [-0.25, -0.2) is 4.98 Å². The highest BCUT2D eigenvalue weighted by atomic mass is 16.3. The molecule has 2 N–H and O–H groups in total. The number of carbonyl (C=O) groups is 1. The molecule has 6 nitrogen and oxygen atoms in total. The van der Waals surface area contributed by atoms with Crippen molar-refractivity contribution in [1.29, 1.82) is 0 Å². The van der Waals surface area contributed by atoms with Crippen LogP contribution in [0, 0.1) is 5.41 Å². The van der Waals surface area contributed by atoms with Crippen LogP contribution in [0.2, 0.25) is 0 Å². The summed E-state index contributed by atoms with van der Waals surface area (Å²) in [6.07, 6.45) is 1.01. The van der Waals surface area contributed by atoms with E-state index in [1.807, 2.05) is 26.8 Å². The predicted molar refractivity (Wildman–Crippen MR) is 89.1 cm³/mol. The van der Waals surface area contributed by atoms with E-state index in [1.165, 1.54) is 10.9 Å². The van der Waals surface area contributed by atoms with Gasteiger partial charge in [-0.3, -0.25) is 14.2 Å². The van der Waals surface area contributed by atoms with Gasteiger partial charge in [-0.1, -0.05) is 32.9 Å². The largest absolute Gasteiger partial charge is 0.391 e. The maximum Gasteiger partial charge on any atom is 0.261 e. The molecule has 23 heavy (non-hydrogen) atoms. The Kier molecular flexibility index (Phi) is 5.15. The maximum absolute atomic E-state index is 12.3. The van der Waals surface area contributed by atoms with Gasteiger partial charge in [0.1, 0.15) is 0 Å². The number of benzene rings is 1. The second kappa shape index (κ2) is 6.91. The van der Waals surface area contributed by atoms with Crippen molar-refractivity contribution in [3.63, 3.8) is 0 Å². The number of aliphatic hydroxyl groups excluding tert-OH is 1. The molecule has 1 aromatic heterocycles. The zero-order valence-corrected chi connectivity index (χ0v) is 13.7. The van der Waals surface area contributed by atoms with Crippen LogP contribution < -0.4 is 10.9 Å². The maximum atomic E-state index is 12.3. The molecule has 0 saturated carbocycles. The Morgan fingerprint density at radius 3 is 2.74 bits per heavy atom. The van der Waals surface area contributed by atoms with Gasteiger partial charge >= 0.3 is 0 Å². The Balaban J connectivity index is 1.95. The van der Waals surface area contributed by atoms with Crippen molar-refractivity contribution in [2.24, 2.45) is 5.41 Å². The monoisotopic (exact) mass is 317 g/mol. The Morgan fingerprint density at radius 2 is 2.04 bits per heavy atom. The number of nitrogens with zero attached hydrogens (tertiary/aromatic N) is 2. The lowest BCUT2D eigenvalue weighted by Crippen LogP contribution is -2.39. The second-order valence-electron chi connectivity index (χ2n) is 6.70. The molecule has 1 heterocycles. The third kappa shape index (κ3) is 4.39. The fourth-order valence-corrected chi connectivity index (χ4v) is 2.09. The van der Waals surface area contributed by atoms with Crippen molar-refractivity contribution in [2.45, 2.75) is 39.8 Å². The molecule has 124 valence electrons. The average molecular weight is 317 g/mol. The van der Waals surface area contributed by atoms with Crippen LogP contribution in [0.1, 0.15) is 27.2 Å². The predicted octanol–water partition coefficient (Wildman–Crippen LogP) is 1.31. The summed E-state index contributed by atoms with van der Waals surface area (Å²) in [6.45, 7) is 6.18. The number of hydrogen-bond donors (Lipinski definition) is 2. The molecule has 2 aromatic rings. The van der Waals surface area contributed by atoms with E-state index < -0.39 is 6.10 Å². The summed E-state index contributed by atoms with van der Waals surface area (Å²) in [7, 11) is 0. The van der Waals surface area contributed by atoms with Gasteiger partial charge in [-0.15, -0.1) is 0 Å². The third-order valence-corrected chi connectivity index (χ3v) is 3.80. The summed E-state index contributed by atoms with van der Waals surface area (Å²) in [6, 6.07) is 7.12. The fourth-order valence-electron chi connectivity index (χ4n) is 2.09. The van der Waals surface area contributed by atoms with Crippen molar-refractivity contribution in [1.82, 2.24) is 14.9 Å². The van der Waals surface area contributed by atoms with Crippen LogP contribution in [0.3, 0.4) is 0 Å². The first kappa shape index (κ1) is 17.1. The number of carbonyl (C=O) groups excluding carboxylic acids is 1. The SMILES string of the molecule is CC(C)(C)C(O)CNC(=O)CCn1cnc2ccccc2c1=O. The number of aryl methyl sites for hydroxylation is 1. The number of para-hydroxylation sites is 1. The fraction of sp³-hybridized carbons (Fsp3) is 0.471. The van der Waals surface area contributed by atoms with Crippen molar-refractivity contribution in [3.05, 3.63) is 40.9 Å². The zero-order valence-electron chi connectivity index (χ0n) is 13.7. The smallest absolute Gasteiger partial charge is 0.261 e. The highest BCUT2D eigenvalue weighted by Gasteiger charge is 2.22. The summed E-state index contributed by atoms with van der Waals surface area (Å²) < 4.78 is 1.43. The van der Waals surface area contributed by atoms with Crippen LogP contribution in [0.25, 0.3) is 10.9 Å². The lowest BCUT2D eigenvalue weighted by molar-refractivity contribution is -0.122. The van der Waals surface area contributed by atoms with E-state index in [1.54, 1.807) is 18.2 Å². The van der Waals surface area contributed by atoms with Gasteiger partial charge in [0.05, 0.1) is 23.3 Å². The molecule has 0 radical (unpaired) electrons. The molecule has 0 aliphatic heterocycles. The summed E-state index contributed by atoms with van der Waals surface area (Å²) >= 11 is 0. The van der Waals surface area contributed by atoms with Crippen molar-refractivity contribution < 1.29 is 9.90 Å². The molecule has 1 amide bonds. The van der Waals surface area contributed by atoms with E-state index in [0.29, 0.717) is 10.9 Å². The van der Waals surface area contributed by atoms with Crippen LogP contribution >= 0.6 is 0 Å². The summed E-state index contributed by atoms with van der Waals surface area (Å²) in [5.74, 6) is -0.201. The van der Waals surface area contributed by atoms with Gasteiger partial charge in [0.15, 0.2) is 0 Å². The normalized spacial score (nSPS) is 13.0. The van der Waals surface area contributed by atoms with Crippen LogP contribution in [-0.2, 0) is 11.3 Å². The quantitative estimate of drug-likeness (QED) is 0.871. The van der Waals surface area contributed by atoms with Crippen LogP contribution in [-0.4, -0.2) is 33.2 Å². The average Bonchev–Trinajstić information content (AvgIpc) is 2.51. The van der Waals surface area contributed by atoms with E-state index in [0.717, 1.165) is 0 Å². The van der Waals surface area contributed by atoms with E-state index in [4.69, 9.17) is 0 Å². The first-order chi connectivity index (χ1) is 10.8. The summed E-state index contributed by atoms with van der Waals surface area (Å²) in [4.78, 5) is 28.4. The van der Waals surface area contributed by atoms with Gasteiger partial charge in [0, 0.05) is 19.5 Å². The minimum atomic E-state index is -0.614. The van der Waals surface area contributed by atoms with Crippen molar-refractivity contribution in [3.8, 4) is 0 Å². The Morgan fingerprint density at radius 1 is 1.35 bits per heavy atom. The standard InChI is InChI=1S/C17H23N3O3/c1-17(2,3)14(21)10-18-15(22)8-9-20-11-19-13-7-5-4-6-12(13)16(20)23/h4-7,11,14,21H,8-10H2,1-3H3,(H,18,22). The number of fused-ring (bicyclic) bond motifs is 1. The number of aliphatic hydroxyl groups is 1. The minimum Gasteiger partial charge on any atom is -0.391 e. The van der Waals surface area contributed by atoms with Crippen molar-refractivity contribution >= 4 is 16.8 Å². The number of rotatable bonds is 5. The van der Waals surface area contributed by atoms with E-state index >= 15 is 0 Å². The van der Waals surface area contributed by atoms with Gasteiger partial charge in [-0.2, -0.15) is 0 Å². The third-order valence-electron chi connectivity index (χ3n) is 3.80. The molecule has 1 atom stereocenters. The van der Waals surface area contributed by atoms with Gasteiger partial charge in [-0.05, 0) is 17.5 Å². The topological polar surface area (TPSA) is 84.2 Å². The lowest BCUT2D eigenvalue weighted by atomic mass is 9.89. The molecule has 0 saturated heterocycles. The first-order valence-corrected chi connectivity index (χ1v) is 7.68. The number of amides is 1. The zero-order chi connectivity index (χ0) is 17.0. The molecule has 6 heteroatoms. The Hall–Kier alpha value is -2.21. The van der Waals surface area contributed by atoms with Crippen LogP contribution in [0.4, 0.5) is 0 Å². The molecular weight excluding hydrogens is 294 g/mol. The lowest BCUT2D eigenvalue weighted by Gasteiger charge is -2.25. The summed E-state index contributed by atoms with van der Waals surface area (Å²) in [5, 5.41) is 13.1. The molecular formula is C17H23N3O3. The molecule has 0 bridgehead atoms. The molecule has 0 fully saturated rings. The molecule has 0 aliphatic carbocycles. The number of nitrogens with one attached hydrogen (secondary N) is 1.